The van der Waals surface area contributed by atoms with Gasteiger partial charge in [0.2, 0.25) is 27.4 Å². The number of benzene rings is 1. The minimum absolute atomic E-state index is 0.0531. The summed E-state index contributed by atoms with van der Waals surface area (Å²) >= 11 is 0. The van der Waals surface area contributed by atoms with Crippen LogP contribution in [-0.4, -0.2) is 105 Å². The molecule has 16 nitrogen and oxygen atoms in total. The average Bonchev–Trinajstić information content (AvgIpc) is 4.14. The van der Waals surface area contributed by atoms with Crippen LogP contribution < -0.4 is 24.8 Å². The van der Waals surface area contributed by atoms with Crippen LogP contribution in [0.25, 0.3) is 22.8 Å². The van der Waals surface area contributed by atoms with Gasteiger partial charge >= 0.3 is 12.3 Å². The number of rotatable bonds is 11. The molecular weight excluding hydrogens is 896 g/mol. The first-order valence-corrected chi connectivity index (χ1v) is 24.0. The standard InChI is InChI=1S/C47H58F3N7O9S/c1-27(2)64-32-15-13-30(14-16-32)35-22-33(23-36(53-35)39-51-19-10-20-52-39)65-34-24-37-40(58)55-46(42(60)56-67(62,63)45(7)17-18-45)25-31(46)12-9-8-11-28(3)21-29(4)38(41(59)57(37)26-34)54-43(61)66-44(5,6)47(48,49)50/h9-10,12-16,19-20,22-23,27-29,31,34,37-38H,8,11,17-18,21,24-26H2,1-7H3,(H,54,61)(H,55,58)(H,56,60)/b12-9-/t28-,29-,31-,34-,37+,38+,46-/m1/s1. The van der Waals surface area contributed by atoms with E-state index in [1.54, 1.807) is 55.7 Å². The van der Waals surface area contributed by atoms with E-state index in [4.69, 9.17) is 19.2 Å². The summed E-state index contributed by atoms with van der Waals surface area (Å²) in [5.74, 6) is -2.60. The van der Waals surface area contributed by atoms with Gasteiger partial charge in [-0.3, -0.25) is 19.1 Å². The van der Waals surface area contributed by atoms with Crippen LogP contribution in [0.2, 0.25) is 0 Å². The van der Waals surface area contributed by atoms with E-state index in [2.05, 4.69) is 25.3 Å². The Kier molecular flexibility index (Phi) is 13.7. The van der Waals surface area contributed by atoms with E-state index in [1.807, 2.05) is 39.0 Å². The summed E-state index contributed by atoms with van der Waals surface area (Å²) in [5.41, 5.74) is -3.07. The molecule has 1 aromatic carbocycles. The van der Waals surface area contributed by atoms with E-state index in [9.17, 15) is 40.8 Å². The summed E-state index contributed by atoms with van der Waals surface area (Å²) < 4.78 is 86.6. The highest BCUT2D eigenvalue weighted by Gasteiger charge is 2.63. The lowest BCUT2D eigenvalue weighted by Gasteiger charge is -2.34. The number of amides is 4. The fraction of sp³-hybridized carbons (Fsp3) is 0.553. The SMILES string of the molecule is CC(C)Oc1ccc(-c2cc(O[C@@H]3C[C@H]4C(=O)N[C@]5(C(=O)NS(=O)(=O)C6(C)CC6)C[C@H]5/C=C\CC[C@@H](C)C[C@@H](C)[C@H](NC(=O)OC(C)(C)C(F)(F)F)C(=O)N4C3)cc(-c3ncccn3)n2)cc1. The van der Waals surface area contributed by atoms with Crippen molar-refractivity contribution in [1.29, 1.82) is 0 Å². The van der Waals surface area contributed by atoms with Gasteiger partial charge in [0.15, 0.2) is 5.82 Å². The number of nitrogens with one attached hydrogen (secondary N) is 3. The number of hydrogen-bond acceptors (Lipinski definition) is 12. The molecule has 0 bridgehead atoms. The van der Waals surface area contributed by atoms with Crippen LogP contribution >= 0.6 is 0 Å². The van der Waals surface area contributed by atoms with Crippen molar-refractivity contribution in [3.05, 3.63) is 67.0 Å². The Morgan fingerprint density at radius 1 is 0.985 bits per heavy atom. The van der Waals surface area contributed by atoms with Gasteiger partial charge in [0.05, 0.1) is 23.1 Å². The van der Waals surface area contributed by atoms with Crippen LogP contribution in [-0.2, 0) is 29.1 Å². The molecule has 4 aliphatic rings. The van der Waals surface area contributed by atoms with Crippen molar-refractivity contribution in [1.82, 2.24) is 35.2 Å². The number of alkyl carbamates (subject to hydrolysis) is 1. The monoisotopic (exact) mass is 953 g/mol. The molecule has 2 aliphatic heterocycles. The first-order chi connectivity index (χ1) is 31.4. The van der Waals surface area contributed by atoms with Crippen molar-refractivity contribution in [2.75, 3.05) is 6.54 Å². The normalized spacial score (nSPS) is 27.0. The van der Waals surface area contributed by atoms with Crippen LogP contribution in [0.1, 0.15) is 93.4 Å². The highest BCUT2D eigenvalue weighted by Crippen LogP contribution is 2.48. The summed E-state index contributed by atoms with van der Waals surface area (Å²) in [7, 11) is -4.11. The van der Waals surface area contributed by atoms with Crippen LogP contribution in [0.5, 0.6) is 11.5 Å². The summed E-state index contributed by atoms with van der Waals surface area (Å²) in [6, 6.07) is 9.37. The number of hydrogen-bond donors (Lipinski definition) is 3. The Bertz CT molecular complexity index is 2490. The second-order valence-electron chi connectivity index (χ2n) is 19.3. The highest BCUT2D eigenvalue weighted by molar-refractivity contribution is 7.91. The number of pyridine rings is 1. The zero-order chi connectivity index (χ0) is 48.7. The van der Waals surface area contributed by atoms with E-state index in [1.165, 1.54) is 11.8 Å². The Hall–Kier alpha value is -5.79. The maximum atomic E-state index is 15.0. The number of allylic oxidation sites excluding steroid dienone is 1. The summed E-state index contributed by atoms with van der Waals surface area (Å²) in [4.78, 5) is 71.9. The summed E-state index contributed by atoms with van der Waals surface area (Å²) in [5, 5.41) is 5.22. The molecule has 67 heavy (non-hydrogen) atoms. The maximum absolute atomic E-state index is 15.0. The molecule has 3 fully saturated rings. The van der Waals surface area contributed by atoms with Gasteiger partial charge in [-0.1, -0.05) is 26.0 Å². The van der Waals surface area contributed by atoms with Gasteiger partial charge < -0.3 is 29.7 Å². The molecule has 4 heterocycles. The third-order valence-electron chi connectivity index (χ3n) is 13.0. The third-order valence-corrected chi connectivity index (χ3v) is 15.1. The van der Waals surface area contributed by atoms with E-state index in [0.29, 0.717) is 68.7 Å². The number of alkyl halides is 3. The molecule has 7 rings (SSSR count). The van der Waals surface area contributed by atoms with Gasteiger partial charge in [0, 0.05) is 42.4 Å². The predicted molar refractivity (Wildman–Crippen MR) is 240 cm³/mol. The van der Waals surface area contributed by atoms with Crippen molar-refractivity contribution in [3.8, 4) is 34.3 Å². The minimum Gasteiger partial charge on any atom is -0.491 e. The van der Waals surface area contributed by atoms with Gasteiger partial charge in [-0.2, -0.15) is 13.2 Å². The topological polar surface area (TPSA) is 208 Å². The summed E-state index contributed by atoms with van der Waals surface area (Å²) in [6.07, 6.45) is 1.51. The second-order valence-corrected chi connectivity index (χ2v) is 21.5. The molecule has 0 spiro atoms. The highest BCUT2D eigenvalue weighted by atomic mass is 32.2. The predicted octanol–water partition coefficient (Wildman–Crippen LogP) is 6.66. The first kappa shape index (κ1) is 49.1. The Balaban J connectivity index is 1.25. The van der Waals surface area contributed by atoms with Crippen molar-refractivity contribution in [3.63, 3.8) is 0 Å². The van der Waals surface area contributed by atoms with Crippen molar-refractivity contribution in [2.45, 2.75) is 140 Å². The molecule has 2 saturated carbocycles. The maximum Gasteiger partial charge on any atom is 0.427 e. The van der Waals surface area contributed by atoms with Gasteiger partial charge in [-0.25, -0.2) is 28.2 Å². The zero-order valence-electron chi connectivity index (χ0n) is 38.6. The van der Waals surface area contributed by atoms with Crippen LogP contribution in [0, 0.1) is 17.8 Å². The fourth-order valence-corrected chi connectivity index (χ4v) is 9.79. The number of carbonyl (C=O) groups is 4. The fourth-order valence-electron chi connectivity index (χ4n) is 8.48. The first-order valence-electron chi connectivity index (χ1n) is 22.6. The number of sulfonamides is 1. The van der Waals surface area contributed by atoms with Crippen LogP contribution in [0.15, 0.2) is 67.0 Å². The summed E-state index contributed by atoms with van der Waals surface area (Å²) in [6.45, 7) is 10.1. The lowest BCUT2D eigenvalue weighted by Crippen LogP contribution is -2.59. The second kappa shape index (κ2) is 18.7. The molecule has 7 atom stereocenters. The van der Waals surface area contributed by atoms with E-state index in [0.717, 1.165) is 0 Å². The number of halogens is 3. The van der Waals surface area contributed by atoms with E-state index >= 15 is 0 Å². The zero-order valence-corrected chi connectivity index (χ0v) is 39.4. The van der Waals surface area contributed by atoms with Crippen molar-refractivity contribution in [2.24, 2.45) is 17.8 Å². The van der Waals surface area contributed by atoms with Gasteiger partial charge in [0.1, 0.15) is 40.9 Å². The van der Waals surface area contributed by atoms with Gasteiger partial charge in [-0.05, 0) is 115 Å². The number of aromatic nitrogens is 3. The van der Waals surface area contributed by atoms with Gasteiger partial charge in [-0.15, -0.1) is 0 Å². The average molecular weight is 954 g/mol. The molecule has 1 saturated heterocycles. The number of fused-ring (bicyclic) bond motifs is 2. The van der Waals surface area contributed by atoms with Crippen LogP contribution in [0.4, 0.5) is 18.0 Å². The molecule has 4 amide bonds. The lowest BCUT2D eigenvalue weighted by molar-refractivity contribution is -0.244. The molecule has 20 heteroatoms. The van der Waals surface area contributed by atoms with Crippen molar-refractivity contribution < 1.29 is 55.0 Å². The molecule has 0 unspecified atom stereocenters. The Morgan fingerprint density at radius 2 is 1.66 bits per heavy atom. The minimum atomic E-state index is -4.93. The van der Waals surface area contributed by atoms with Crippen molar-refractivity contribution >= 4 is 33.8 Å². The van der Waals surface area contributed by atoms with E-state index < -0.39 is 85.9 Å². The molecule has 0 radical (unpaired) electrons. The largest absolute Gasteiger partial charge is 0.491 e. The quantitative estimate of drug-likeness (QED) is 0.173. The Morgan fingerprint density at radius 3 is 2.30 bits per heavy atom. The number of carbonyl (C=O) groups excluding carboxylic acids is 4. The molecular formula is C47H58F3N7O9S. The molecule has 362 valence electrons. The molecule has 3 aromatic rings. The molecule has 2 aromatic heterocycles. The third kappa shape index (κ3) is 11.0. The van der Waals surface area contributed by atoms with Crippen LogP contribution in [0.3, 0.4) is 0 Å². The molecule has 3 N–H and O–H groups in total. The molecule has 2 aliphatic carbocycles. The lowest BCUT2D eigenvalue weighted by atomic mass is 9.88. The number of nitrogens with zero attached hydrogens (tertiary/aromatic N) is 4. The Labute approximate surface area is 388 Å². The van der Waals surface area contributed by atoms with Gasteiger partial charge in [0.25, 0.3) is 5.91 Å². The number of ether oxygens (including phenoxy) is 3. The smallest absolute Gasteiger partial charge is 0.427 e. The van der Waals surface area contributed by atoms with E-state index in [-0.39, 0.29) is 43.0 Å².